The Balaban J connectivity index is 2.24. The third-order valence-electron chi connectivity index (χ3n) is 2.93. The van der Waals surface area contributed by atoms with Gasteiger partial charge in [0.15, 0.2) is 5.69 Å². The molecule has 1 saturated carbocycles. The number of hydrogen-bond acceptors (Lipinski definition) is 3. The van der Waals surface area contributed by atoms with E-state index in [4.69, 9.17) is 17.3 Å². The molecule has 0 unspecified atom stereocenters. The van der Waals surface area contributed by atoms with E-state index in [-0.39, 0.29) is 22.7 Å². The number of aromatic nitrogens is 2. The Morgan fingerprint density at radius 3 is 2.53 bits per heavy atom. The van der Waals surface area contributed by atoms with Crippen LogP contribution in [-0.2, 0) is 12.6 Å². The highest BCUT2D eigenvalue weighted by Gasteiger charge is 2.40. The minimum atomic E-state index is -4.51. The SMILES string of the molecule is NC1(CCc2c(Cl)ncnc2C(F)(F)F)CC1. The van der Waals surface area contributed by atoms with Crippen LogP contribution in [0.25, 0.3) is 0 Å². The second-order valence-corrected chi connectivity index (χ2v) is 4.71. The second kappa shape index (κ2) is 4.10. The quantitative estimate of drug-likeness (QED) is 0.855. The number of rotatable bonds is 3. The monoisotopic (exact) mass is 265 g/mol. The number of halogens is 4. The molecule has 94 valence electrons. The summed E-state index contributed by atoms with van der Waals surface area (Å²) < 4.78 is 38.1. The van der Waals surface area contributed by atoms with Gasteiger partial charge in [0.2, 0.25) is 0 Å². The molecule has 0 bridgehead atoms. The second-order valence-electron chi connectivity index (χ2n) is 4.35. The molecule has 7 heteroatoms. The van der Waals surface area contributed by atoms with Gasteiger partial charge < -0.3 is 5.73 Å². The maximum Gasteiger partial charge on any atom is 0.433 e. The van der Waals surface area contributed by atoms with Crippen LogP contribution in [0.1, 0.15) is 30.5 Å². The molecule has 17 heavy (non-hydrogen) atoms. The van der Waals surface area contributed by atoms with Crippen LogP contribution in [0.5, 0.6) is 0 Å². The molecule has 0 aliphatic heterocycles. The fourth-order valence-corrected chi connectivity index (χ4v) is 1.87. The zero-order valence-electron chi connectivity index (χ0n) is 8.89. The maximum absolute atomic E-state index is 12.7. The van der Waals surface area contributed by atoms with Crippen LogP contribution >= 0.6 is 11.6 Å². The van der Waals surface area contributed by atoms with Gasteiger partial charge in [-0.1, -0.05) is 11.6 Å². The van der Waals surface area contributed by atoms with Crippen molar-refractivity contribution < 1.29 is 13.2 Å². The largest absolute Gasteiger partial charge is 0.433 e. The van der Waals surface area contributed by atoms with E-state index in [0.29, 0.717) is 6.42 Å². The van der Waals surface area contributed by atoms with Crippen molar-refractivity contribution in [2.24, 2.45) is 5.73 Å². The van der Waals surface area contributed by atoms with E-state index in [1.54, 1.807) is 0 Å². The van der Waals surface area contributed by atoms with E-state index in [0.717, 1.165) is 19.2 Å². The molecule has 0 spiro atoms. The van der Waals surface area contributed by atoms with Crippen LogP contribution < -0.4 is 5.73 Å². The first-order valence-electron chi connectivity index (χ1n) is 5.17. The topological polar surface area (TPSA) is 51.8 Å². The predicted octanol–water partition coefficient (Wildman–Crippen LogP) is 2.57. The Labute approximate surface area is 101 Å². The van der Waals surface area contributed by atoms with Gasteiger partial charge in [-0.05, 0) is 25.7 Å². The van der Waals surface area contributed by atoms with Gasteiger partial charge in [-0.25, -0.2) is 9.97 Å². The highest BCUT2D eigenvalue weighted by molar-refractivity contribution is 6.30. The standard InChI is InChI=1S/C10H11ClF3N3/c11-8-6(1-2-9(15)3-4-9)7(10(12,13)14)16-5-17-8/h5H,1-4,15H2. The summed E-state index contributed by atoms with van der Waals surface area (Å²) in [5.41, 5.74) is 4.51. The van der Waals surface area contributed by atoms with Gasteiger partial charge in [0.05, 0.1) is 0 Å². The van der Waals surface area contributed by atoms with Crippen molar-refractivity contribution in [3.8, 4) is 0 Å². The molecule has 0 atom stereocenters. The van der Waals surface area contributed by atoms with E-state index in [1.807, 2.05) is 0 Å². The molecule has 1 aromatic heterocycles. The highest BCUT2D eigenvalue weighted by Crippen LogP contribution is 2.39. The molecule has 1 aliphatic rings. The van der Waals surface area contributed by atoms with Crippen molar-refractivity contribution >= 4 is 11.6 Å². The molecule has 3 nitrogen and oxygen atoms in total. The molecule has 0 saturated heterocycles. The molecule has 0 amide bonds. The van der Waals surface area contributed by atoms with E-state index >= 15 is 0 Å². The first-order valence-corrected chi connectivity index (χ1v) is 5.55. The summed E-state index contributed by atoms with van der Waals surface area (Å²) in [5.74, 6) is 0. The van der Waals surface area contributed by atoms with Gasteiger partial charge in [-0.3, -0.25) is 0 Å². The maximum atomic E-state index is 12.7. The zero-order valence-corrected chi connectivity index (χ0v) is 9.65. The third-order valence-corrected chi connectivity index (χ3v) is 3.25. The van der Waals surface area contributed by atoms with Gasteiger partial charge in [0, 0.05) is 11.1 Å². The summed E-state index contributed by atoms with van der Waals surface area (Å²) in [6.45, 7) is 0. The minimum absolute atomic E-state index is 0.0570. The Bertz CT molecular complexity index is 429. The lowest BCUT2D eigenvalue weighted by atomic mass is 10.0. The normalized spacial score (nSPS) is 18.2. The molecule has 1 fully saturated rings. The Kier molecular flexibility index (Phi) is 3.03. The first-order chi connectivity index (χ1) is 7.82. The number of nitrogens with two attached hydrogens (primary N) is 1. The van der Waals surface area contributed by atoms with Crippen molar-refractivity contribution in [1.29, 1.82) is 0 Å². The van der Waals surface area contributed by atoms with Gasteiger partial charge in [0.1, 0.15) is 11.5 Å². The van der Waals surface area contributed by atoms with Crippen molar-refractivity contribution in [3.63, 3.8) is 0 Å². The van der Waals surface area contributed by atoms with E-state index in [1.165, 1.54) is 0 Å². The molecule has 0 radical (unpaired) electrons. The zero-order chi connectivity index (χ0) is 12.7. The van der Waals surface area contributed by atoms with Gasteiger partial charge in [-0.15, -0.1) is 0 Å². The predicted molar refractivity (Wildman–Crippen MR) is 56.5 cm³/mol. The van der Waals surface area contributed by atoms with Gasteiger partial charge >= 0.3 is 6.18 Å². The summed E-state index contributed by atoms with van der Waals surface area (Å²) in [6, 6.07) is 0. The molecule has 0 aromatic carbocycles. The first kappa shape index (κ1) is 12.6. The summed E-state index contributed by atoms with van der Waals surface area (Å²) in [6.07, 6.45) is -1.36. The number of nitrogens with zero attached hydrogens (tertiary/aromatic N) is 2. The van der Waals surface area contributed by atoms with Crippen LogP contribution in [0.4, 0.5) is 13.2 Å². The molecule has 1 aliphatic carbocycles. The fraction of sp³-hybridized carbons (Fsp3) is 0.600. The molecule has 1 heterocycles. The van der Waals surface area contributed by atoms with Gasteiger partial charge in [0.25, 0.3) is 0 Å². The lowest BCUT2D eigenvalue weighted by Gasteiger charge is -2.14. The molecule has 1 aromatic rings. The lowest BCUT2D eigenvalue weighted by molar-refractivity contribution is -0.141. The number of hydrogen-bond donors (Lipinski definition) is 1. The molecule has 2 rings (SSSR count). The van der Waals surface area contributed by atoms with Crippen molar-refractivity contribution in [3.05, 3.63) is 22.7 Å². The van der Waals surface area contributed by atoms with Crippen molar-refractivity contribution in [2.45, 2.75) is 37.4 Å². The van der Waals surface area contributed by atoms with Crippen molar-refractivity contribution in [1.82, 2.24) is 9.97 Å². The fourth-order valence-electron chi connectivity index (χ4n) is 1.64. The van der Waals surface area contributed by atoms with E-state index in [9.17, 15) is 13.2 Å². The lowest BCUT2D eigenvalue weighted by Crippen LogP contribution is -2.23. The van der Waals surface area contributed by atoms with Crippen LogP contribution in [-0.4, -0.2) is 15.5 Å². The number of alkyl halides is 3. The van der Waals surface area contributed by atoms with Crippen LogP contribution in [0.2, 0.25) is 5.15 Å². The third kappa shape index (κ3) is 2.87. The summed E-state index contributed by atoms with van der Waals surface area (Å²) in [7, 11) is 0. The average Bonchev–Trinajstić information content (AvgIpc) is 2.93. The Morgan fingerprint density at radius 1 is 1.35 bits per heavy atom. The average molecular weight is 266 g/mol. The smallest absolute Gasteiger partial charge is 0.325 e. The molecule has 2 N–H and O–H groups in total. The minimum Gasteiger partial charge on any atom is -0.325 e. The van der Waals surface area contributed by atoms with Crippen molar-refractivity contribution in [2.75, 3.05) is 0 Å². The Hall–Kier alpha value is -0.880. The summed E-state index contributed by atoms with van der Waals surface area (Å²) in [5, 5.41) is -0.142. The highest BCUT2D eigenvalue weighted by atomic mass is 35.5. The summed E-state index contributed by atoms with van der Waals surface area (Å²) in [4.78, 5) is 6.86. The Morgan fingerprint density at radius 2 is 2.00 bits per heavy atom. The molecular weight excluding hydrogens is 255 g/mol. The summed E-state index contributed by atoms with van der Waals surface area (Å²) >= 11 is 5.69. The van der Waals surface area contributed by atoms with E-state index < -0.39 is 11.9 Å². The van der Waals surface area contributed by atoms with Crippen LogP contribution in [0.3, 0.4) is 0 Å². The van der Waals surface area contributed by atoms with E-state index in [2.05, 4.69) is 9.97 Å². The van der Waals surface area contributed by atoms with Crippen LogP contribution in [0.15, 0.2) is 6.33 Å². The molecular formula is C10H11ClF3N3. The van der Waals surface area contributed by atoms with Gasteiger partial charge in [-0.2, -0.15) is 13.2 Å². The van der Waals surface area contributed by atoms with Crippen LogP contribution in [0, 0.1) is 0 Å².